The van der Waals surface area contributed by atoms with Crippen molar-refractivity contribution >= 4 is 27.6 Å². The van der Waals surface area contributed by atoms with Crippen LogP contribution in [0.1, 0.15) is 27.7 Å². The van der Waals surface area contributed by atoms with Gasteiger partial charge in [-0.25, -0.2) is 17.5 Å². The first-order valence-electron chi connectivity index (χ1n) is 6.71. The van der Waals surface area contributed by atoms with Crippen LogP contribution < -0.4 is 10.0 Å². The normalized spacial score (nSPS) is 13.4. The molecule has 23 heavy (non-hydrogen) atoms. The Kier molecular flexibility index (Phi) is 5.49. The van der Waals surface area contributed by atoms with Crippen molar-refractivity contribution in [3.05, 3.63) is 24.0 Å². The summed E-state index contributed by atoms with van der Waals surface area (Å²) in [4.78, 5) is 21.8. The van der Waals surface area contributed by atoms with Crippen LogP contribution in [0.25, 0.3) is 0 Å². The van der Waals surface area contributed by atoms with Gasteiger partial charge in [0.1, 0.15) is 16.6 Å². The standard InChI is InChI=1S/C14H19FN2O5S/c1-8(13(19)20)12(18)16-9-5-6-10(15)11(7-9)23(21,22)17-14(2,3)4/h5-8,17H,1-4H3,(H,16,18)(H,19,20). The Morgan fingerprint density at radius 3 is 2.30 bits per heavy atom. The Labute approximate surface area is 133 Å². The molecule has 0 spiro atoms. The Bertz CT molecular complexity index is 725. The van der Waals surface area contributed by atoms with E-state index >= 15 is 0 Å². The number of rotatable bonds is 5. The topological polar surface area (TPSA) is 113 Å². The number of halogens is 1. The minimum atomic E-state index is -4.14. The molecule has 1 aromatic rings. The van der Waals surface area contributed by atoms with E-state index in [1.807, 2.05) is 0 Å². The number of carbonyl (C=O) groups is 2. The third kappa shape index (κ3) is 5.29. The zero-order chi connectivity index (χ0) is 18.0. The van der Waals surface area contributed by atoms with Gasteiger partial charge >= 0.3 is 5.97 Å². The molecule has 1 aromatic carbocycles. The van der Waals surface area contributed by atoms with E-state index in [0.29, 0.717) is 0 Å². The number of carboxylic acid groups (broad SMARTS) is 1. The second-order valence-electron chi connectivity index (χ2n) is 6.05. The molecule has 0 bridgehead atoms. The van der Waals surface area contributed by atoms with Gasteiger partial charge in [0.05, 0.1) is 0 Å². The van der Waals surface area contributed by atoms with Crippen molar-refractivity contribution < 1.29 is 27.5 Å². The van der Waals surface area contributed by atoms with Crippen molar-refractivity contribution in [2.75, 3.05) is 5.32 Å². The molecule has 0 saturated carbocycles. The first kappa shape index (κ1) is 19.0. The highest BCUT2D eigenvalue weighted by Crippen LogP contribution is 2.21. The average Bonchev–Trinajstić information content (AvgIpc) is 2.36. The Hall–Kier alpha value is -2.00. The van der Waals surface area contributed by atoms with Crippen LogP contribution in [0.5, 0.6) is 0 Å². The molecule has 1 rings (SSSR count). The van der Waals surface area contributed by atoms with Gasteiger partial charge in [-0.15, -0.1) is 0 Å². The highest BCUT2D eigenvalue weighted by atomic mass is 32.2. The van der Waals surface area contributed by atoms with Crippen LogP contribution in [0.3, 0.4) is 0 Å². The predicted octanol–water partition coefficient (Wildman–Crippen LogP) is 1.56. The molecule has 9 heteroatoms. The monoisotopic (exact) mass is 346 g/mol. The van der Waals surface area contributed by atoms with Gasteiger partial charge in [-0.05, 0) is 45.9 Å². The molecule has 1 unspecified atom stereocenters. The van der Waals surface area contributed by atoms with E-state index in [4.69, 9.17) is 5.11 Å². The number of carboxylic acids is 1. The van der Waals surface area contributed by atoms with Gasteiger partial charge in [0.25, 0.3) is 0 Å². The summed E-state index contributed by atoms with van der Waals surface area (Å²) in [5.41, 5.74) is -0.832. The zero-order valence-electron chi connectivity index (χ0n) is 13.2. The van der Waals surface area contributed by atoms with Crippen molar-refractivity contribution in [1.82, 2.24) is 4.72 Å². The summed E-state index contributed by atoms with van der Waals surface area (Å²) >= 11 is 0. The van der Waals surface area contributed by atoms with Crippen LogP contribution in [-0.4, -0.2) is 30.9 Å². The third-order valence-electron chi connectivity index (χ3n) is 2.69. The fourth-order valence-electron chi connectivity index (χ4n) is 1.61. The summed E-state index contributed by atoms with van der Waals surface area (Å²) in [6.07, 6.45) is 0. The van der Waals surface area contributed by atoms with Gasteiger partial charge < -0.3 is 10.4 Å². The summed E-state index contributed by atoms with van der Waals surface area (Å²) < 4.78 is 40.5. The summed E-state index contributed by atoms with van der Waals surface area (Å²) in [5, 5.41) is 11.0. The Morgan fingerprint density at radius 2 is 1.83 bits per heavy atom. The number of nitrogens with one attached hydrogen (secondary N) is 2. The van der Waals surface area contributed by atoms with Crippen LogP contribution in [0.2, 0.25) is 0 Å². The minimum Gasteiger partial charge on any atom is -0.481 e. The summed E-state index contributed by atoms with van der Waals surface area (Å²) in [7, 11) is -4.14. The quantitative estimate of drug-likeness (QED) is 0.700. The van der Waals surface area contributed by atoms with Crippen molar-refractivity contribution in [2.45, 2.75) is 38.1 Å². The fraction of sp³-hybridized carbons (Fsp3) is 0.429. The second kappa shape index (κ2) is 6.63. The fourth-order valence-corrected chi connectivity index (χ4v) is 3.13. The number of benzene rings is 1. The van der Waals surface area contributed by atoms with E-state index in [1.54, 1.807) is 20.8 Å². The molecule has 0 saturated heterocycles. The van der Waals surface area contributed by atoms with E-state index in [-0.39, 0.29) is 5.69 Å². The van der Waals surface area contributed by atoms with Crippen LogP contribution >= 0.6 is 0 Å². The molecule has 0 aliphatic rings. The Morgan fingerprint density at radius 1 is 1.26 bits per heavy atom. The number of hydrogen-bond donors (Lipinski definition) is 3. The first-order chi connectivity index (χ1) is 10.3. The van der Waals surface area contributed by atoms with E-state index < -0.39 is 44.1 Å². The molecule has 3 N–H and O–H groups in total. The number of hydrogen-bond acceptors (Lipinski definition) is 4. The minimum absolute atomic E-state index is 0.0150. The molecule has 0 aliphatic carbocycles. The lowest BCUT2D eigenvalue weighted by Gasteiger charge is -2.21. The van der Waals surface area contributed by atoms with Crippen LogP contribution in [-0.2, 0) is 19.6 Å². The molecule has 1 atom stereocenters. The summed E-state index contributed by atoms with van der Waals surface area (Å²) in [5.74, 6) is -4.47. The molecule has 0 aliphatic heterocycles. The maximum atomic E-state index is 13.8. The smallest absolute Gasteiger partial charge is 0.315 e. The molecule has 128 valence electrons. The number of carbonyl (C=O) groups excluding carboxylic acids is 1. The number of sulfonamides is 1. The molecule has 1 amide bonds. The largest absolute Gasteiger partial charge is 0.481 e. The predicted molar refractivity (Wildman–Crippen MR) is 81.9 cm³/mol. The van der Waals surface area contributed by atoms with E-state index in [9.17, 15) is 22.4 Å². The molecule has 0 aromatic heterocycles. The second-order valence-corrected chi connectivity index (χ2v) is 7.70. The van der Waals surface area contributed by atoms with Crippen molar-refractivity contribution in [1.29, 1.82) is 0 Å². The van der Waals surface area contributed by atoms with E-state index in [2.05, 4.69) is 10.0 Å². The van der Waals surface area contributed by atoms with Crippen molar-refractivity contribution in [3.8, 4) is 0 Å². The third-order valence-corrected chi connectivity index (χ3v) is 4.47. The van der Waals surface area contributed by atoms with Gasteiger partial charge in [-0.3, -0.25) is 9.59 Å². The highest BCUT2D eigenvalue weighted by molar-refractivity contribution is 7.89. The summed E-state index contributed by atoms with van der Waals surface area (Å²) in [6, 6.07) is 2.98. The van der Waals surface area contributed by atoms with Gasteiger partial charge in [0.15, 0.2) is 0 Å². The first-order valence-corrected chi connectivity index (χ1v) is 8.19. The van der Waals surface area contributed by atoms with Gasteiger partial charge in [0.2, 0.25) is 15.9 Å². The molecule has 7 nitrogen and oxygen atoms in total. The van der Waals surface area contributed by atoms with E-state index in [0.717, 1.165) is 18.2 Å². The highest BCUT2D eigenvalue weighted by Gasteiger charge is 2.26. The Balaban J connectivity index is 3.14. The lowest BCUT2D eigenvalue weighted by atomic mass is 10.1. The van der Waals surface area contributed by atoms with E-state index in [1.165, 1.54) is 6.92 Å². The van der Waals surface area contributed by atoms with Crippen molar-refractivity contribution in [2.24, 2.45) is 5.92 Å². The number of anilines is 1. The molecule has 0 heterocycles. The van der Waals surface area contributed by atoms with Crippen LogP contribution in [0, 0.1) is 11.7 Å². The zero-order valence-corrected chi connectivity index (χ0v) is 14.0. The molecular formula is C14H19FN2O5S. The summed E-state index contributed by atoms with van der Waals surface area (Å²) in [6.45, 7) is 5.98. The maximum Gasteiger partial charge on any atom is 0.315 e. The number of aliphatic carboxylic acids is 1. The molecule has 0 radical (unpaired) electrons. The van der Waals surface area contributed by atoms with Crippen molar-refractivity contribution in [3.63, 3.8) is 0 Å². The lowest BCUT2D eigenvalue weighted by molar-refractivity contribution is -0.144. The van der Waals surface area contributed by atoms with Crippen LogP contribution in [0.15, 0.2) is 23.1 Å². The van der Waals surface area contributed by atoms with Gasteiger partial charge in [-0.2, -0.15) is 0 Å². The van der Waals surface area contributed by atoms with Gasteiger partial charge in [0, 0.05) is 11.2 Å². The average molecular weight is 346 g/mol. The SMILES string of the molecule is CC(C(=O)O)C(=O)Nc1ccc(F)c(S(=O)(=O)NC(C)(C)C)c1. The number of amides is 1. The maximum absolute atomic E-state index is 13.8. The van der Waals surface area contributed by atoms with Crippen LogP contribution in [0.4, 0.5) is 10.1 Å². The molecular weight excluding hydrogens is 327 g/mol. The molecule has 0 fully saturated rings. The lowest BCUT2D eigenvalue weighted by Crippen LogP contribution is -2.40. The van der Waals surface area contributed by atoms with Gasteiger partial charge in [-0.1, -0.05) is 0 Å².